The Hall–Kier alpha value is -3.35. The van der Waals surface area contributed by atoms with Gasteiger partial charge in [0.1, 0.15) is 12.7 Å². The van der Waals surface area contributed by atoms with Crippen molar-refractivity contribution in [3.8, 4) is 0 Å². The topological polar surface area (TPSA) is 158 Å². The quantitative estimate of drug-likeness (QED) is 0.397. The largest absolute Gasteiger partial charge is 0.463 e. The molecule has 1 aliphatic heterocycles. The number of carbonyl (C=O) groups excluding carboxylic acids is 3. The summed E-state index contributed by atoms with van der Waals surface area (Å²) in [5.74, 6) is -2.13. The molecule has 12 nitrogen and oxygen atoms in total. The number of imidazole rings is 1. The zero-order chi connectivity index (χ0) is 21.3. The Balaban J connectivity index is 2.04. The van der Waals surface area contributed by atoms with Crippen LogP contribution in [0.5, 0.6) is 0 Å². The van der Waals surface area contributed by atoms with Crippen molar-refractivity contribution in [3.63, 3.8) is 0 Å². The number of nitrogens with two attached hydrogens (primary N) is 1. The monoisotopic (exact) mass is 411 g/mol. The van der Waals surface area contributed by atoms with Gasteiger partial charge < -0.3 is 24.7 Å². The highest BCUT2D eigenvalue weighted by Gasteiger charge is 2.51. The highest BCUT2D eigenvalue weighted by molar-refractivity contribution is 5.81. The van der Waals surface area contributed by atoms with Gasteiger partial charge in [0.15, 0.2) is 35.4 Å². The molecule has 3 rings (SSSR count). The van der Waals surface area contributed by atoms with Crippen LogP contribution in [0.3, 0.4) is 0 Å². The molecule has 2 aromatic rings. The van der Waals surface area contributed by atoms with Crippen molar-refractivity contribution < 1.29 is 37.7 Å². The van der Waals surface area contributed by atoms with Crippen LogP contribution in [0.4, 0.5) is 10.2 Å². The number of ether oxygens (including phenoxy) is 4. The number of anilines is 1. The van der Waals surface area contributed by atoms with E-state index in [-0.39, 0.29) is 23.6 Å². The van der Waals surface area contributed by atoms with Gasteiger partial charge in [-0.25, -0.2) is 4.98 Å². The average Bonchev–Trinajstić information content (AvgIpc) is 3.15. The molecular formula is C16H18FN5O7. The number of halogens is 1. The lowest BCUT2D eigenvalue weighted by Gasteiger charge is -2.23. The summed E-state index contributed by atoms with van der Waals surface area (Å²) in [5, 5.41) is 0. The molecule has 0 aromatic carbocycles. The molecule has 1 saturated heterocycles. The second kappa shape index (κ2) is 7.95. The molecule has 0 saturated carbocycles. The number of nitrogens with zero attached hydrogens (tertiary/aromatic N) is 4. The lowest BCUT2D eigenvalue weighted by atomic mass is 10.1. The molecule has 0 radical (unpaired) electrons. The van der Waals surface area contributed by atoms with Crippen LogP contribution in [0.25, 0.3) is 11.2 Å². The average molecular weight is 411 g/mol. The number of aromatic nitrogens is 4. The molecule has 1 aliphatic rings. The van der Waals surface area contributed by atoms with E-state index in [0.29, 0.717) is 0 Å². The molecular weight excluding hydrogens is 393 g/mol. The van der Waals surface area contributed by atoms with E-state index in [9.17, 15) is 18.8 Å². The first kappa shape index (κ1) is 20.4. The van der Waals surface area contributed by atoms with E-state index >= 15 is 0 Å². The molecule has 0 amide bonds. The molecule has 29 heavy (non-hydrogen) atoms. The van der Waals surface area contributed by atoms with Gasteiger partial charge in [0.25, 0.3) is 0 Å². The van der Waals surface area contributed by atoms with Gasteiger partial charge in [0.05, 0.1) is 6.33 Å². The van der Waals surface area contributed by atoms with Gasteiger partial charge in [0, 0.05) is 20.8 Å². The fourth-order valence-corrected chi connectivity index (χ4v) is 3.01. The van der Waals surface area contributed by atoms with Crippen LogP contribution < -0.4 is 5.73 Å². The molecule has 1 fully saturated rings. The molecule has 4 atom stereocenters. The molecule has 0 bridgehead atoms. The van der Waals surface area contributed by atoms with Crippen LogP contribution in [0.2, 0.25) is 0 Å². The van der Waals surface area contributed by atoms with E-state index in [1.807, 2.05) is 0 Å². The smallest absolute Gasteiger partial charge is 0.312 e. The summed E-state index contributed by atoms with van der Waals surface area (Å²) in [6.07, 6.45) is -4.21. The molecule has 2 N–H and O–H groups in total. The van der Waals surface area contributed by atoms with Crippen LogP contribution in [0, 0.1) is 6.08 Å². The molecule has 156 valence electrons. The molecule has 0 unspecified atom stereocenters. The van der Waals surface area contributed by atoms with E-state index in [4.69, 9.17) is 24.7 Å². The van der Waals surface area contributed by atoms with Crippen molar-refractivity contribution in [1.82, 2.24) is 19.5 Å². The Labute approximate surface area is 163 Å². The van der Waals surface area contributed by atoms with Crippen molar-refractivity contribution in [1.29, 1.82) is 0 Å². The van der Waals surface area contributed by atoms with Crippen LogP contribution in [-0.2, 0) is 33.3 Å². The predicted octanol–water partition coefficient (Wildman–Crippen LogP) is -0.128. The number of esters is 3. The Kier molecular flexibility index (Phi) is 5.59. The molecule has 2 aromatic heterocycles. The van der Waals surface area contributed by atoms with Crippen LogP contribution >= 0.6 is 0 Å². The third-order valence-corrected chi connectivity index (χ3v) is 4.04. The standard InChI is InChI=1S/C16H18FN5O7/c1-6(23)26-4-9-11(27-7(2)24)12(28-8(3)25)15(29-9)22-5-19-10-13(18)20-16(17)21-14(10)22/h5,9,11-12,15H,4H2,1-3H3,(H2,18,20,21)/t9-,11-,12-,15-/m1/s1. The van der Waals surface area contributed by atoms with Crippen molar-refractivity contribution >= 4 is 34.9 Å². The lowest BCUT2D eigenvalue weighted by Crippen LogP contribution is -2.40. The minimum Gasteiger partial charge on any atom is -0.463 e. The van der Waals surface area contributed by atoms with Gasteiger partial charge in [-0.05, 0) is 0 Å². The highest BCUT2D eigenvalue weighted by atomic mass is 19.1. The number of nitrogen functional groups attached to an aromatic ring is 1. The maximum absolute atomic E-state index is 13.7. The first-order valence-corrected chi connectivity index (χ1v) is 8.46. The number of hydrogen-bond donors (Lipinski definition) is 1. The number of rotatable bonds is 5. The Bertz CT molecular complexity index is 965. The molecule has 13 heteroatoms. The van der Waals surface area contributed by atoms with Crippen LogP contribution in [0.1, 0.15) is 27.0 Å². The molecule has 3 heterocycles. The third-order valence-electron chi connectivity index (χ3n) is 4.04. The summed E-state index contributed by atoms with van der Waals surface area (Å²) in [7, 11) is 0. The Morgan fingerprint density at radius 2 is 1.79 bits per heavy atom. The van der Waals surface area contributed by atoms with Crippen molar-refractivity contribution in [3.05, 3.63) is 12.4 Å². The fraction of sp³-hybridized carbons (Fsp3) is 0.500. The van der Waals surface area contributed by atoms with Crippen molar-refractivity contribution in [2.45, 2.75) is 45.3 Å². The summed E-state index contributed by atoms with van der Waals surface area (Å²) in [6, 6.07) is 0. The minimum absolute atomic E-state index is 0.0214. The van der Waals surface area contributed by atoms with Crippen molar-refractivity contribution in [2.75, 3.05) is 12.3 Å². The highest BCUT2D eigenvalue weighted by Crippen LogP contribution is 2.36. The SMILES string of the molecule is CC(=O)OC[C@H]1O[C@@H](n2cnc3c(N)nc(F)nc32)[C@H](OC(C)=O)[C@@H]1OC(C)=O. The normalized spacial score (nSPS) is 23.7. The summed E-state index contributed by atoms with van der Waals surface area (Å²) >= 11 is 0. The van der Waals surface area contributed by atoms with Gasteiger partial charge >= 0.3 is 24.0 Å². The van der Waals surface area contributed by atoms with E-state index in [1.54, 1.807) is 0 Å². The van der Waals surface area contributed by atoms with Gasteiger partial charge in [-0.15, -0.1) is 0 Å². The zero-order valence-electron chi connectivity index (χ0n) is 15.7. The zero-order valence-corrected chi connectivity index (χ0v) is 15.7. The first-order chi connectivity index (χ1) is 13.7. The van der Waals surface area contributed by atoms with E-state index < -0.39 is 48.5 Å². The maximum Gasteiger partial charge on any atom is 0.312 e. The van der Waals surface area contributed by atoms with E-state index in [2.05, 4.69) is 15.0 Å². The Morgan fingerprint density at radius 3 is 2.41 bits per heavy atom. The second-order valence-corrected chi connectivity index (χ2v) is 6.22. The summed E-state index contributed by atoms with van der Waals surface area (Å²) < 4.78 is 36.3. The fourth-order valence-electron chi connectivity index (χ4n) is 3.01. The lowest BCUT2D eigenvalue weighted by molar-refractivity contribution is -0.166. The minimum atomic E-state index is -1.16. The maximum atomic E-state index is 13.7. The van der Waals surface area contributed by atoms with Crippen LogP contribution in [-0.4, -0.2) is 62.3 Å². The molecule has 0 spiro atoms. The van der Waals surface area contributed by atoms with Gasteiger partial charge in [-0.3, -0.25) is 19.0 Å². The van der Waals surface area contributed by atoms with Crippen molar-refractivity contribution in [2.24, 2.45) is 0 Å². The van der Waals surface area contributed by atoms with Gasteiger partial charge in [-0.1, -0.05) is 0 Å². The second-order valence-electron chi connectivity index (χ2n) is 6.22. The van der Waals surface area contributed by atoms with E-state index in [0.717, 1.165) is 13.8 Å². The Morgan fingerprint density at radius 1 is 1.14 bits per heavy atom. The number of carbonyl (C=O) groups is 3. The van der Waals surface area contributed by atoms with Crippen LogP contribution in [0.15, 0.2) is 6.33 Å². The molecule has 0 aliphatic carbocycles. The summed E-state index contributed by atoms with van der Waals surface area (Å²) in [4.78, 5) is 45.5. The predicted molar refractivity (Wildman–Crippen MR) is 91.3 cm³/mol. The van der Waals surface area contributed by atoms with Gasteiger partial charge in [-0.2, -0.15) is 14.4 Å². The first-order valence-electron chi connectivity index (χ1n) is 8.46. The van der Waals surface area contributed by atoms with E-state index in [1.165, 1.54) is 17.8 Å². The number of fused-ring (bicyclic) bond motifs is 1. The number of hydrogen-bond acceptors (Lipinski definition) is 11. The van der Waals surface area contributed by atoms with Gasteiger partial charge in [0.2, 0.25) is 0 Å². The summed E-state index contributed by atoms with van der Waals surface area (Å²) in [5.41, 5.74) is 5.75. The summed E-state index contributed by atoms with van der Waals surface area (Å²) in [6.45, 7) is 3.24. The third kappa shape index (κ3) is 4.23.